The summed E-state index contributed by atoms with van der Waals surface area (Å²) in [6, 6.07) is 22.9. The molecule has 4 aliphatic heterocycles. The van der Waals surface area contributed by atoms with Crippen molar-refractivity contribution in [1.29, 1.82) is 0 Å². The van der Waals surface area contributed by atoms with Gasteiger partial charge in [-0.2, -0.15) is 0 Å². The van der Waals surface area contributed by atoms with E-state index in [-0.39, 0.29) is 56.1 Å². The topological polar surface area (TPSA) is 222 Å². The molecule has 4 fully saturated rings. The second-order valence-corrected chi connectivity index (χ2v) is 24.2. The summed E-state index contributed by atoms with van der Waals surface area (Å²) in [5, 5.41) is 41.8. The zero-order chi connectivity index (χ0) is 57.1. The normalized spacial score (nSPS) is 17.7. The molecule has 5 N–H and O–H groups in total. The Kier molecular flexibility index (Phi) is 28.4. The minimum absolute atomic E-state index is 0. The van der Waals surface area contributed by atoms with E-state index >= 15 is 0 Å². The number of carboxylic acids is 1. The number of nitrogens with one attached hydrogen (secondary N) is 3. The molecule has 0 spiro atoms. The molecule has 2 aromatic heterocycles. The fourth-order valence-corrected chi connectivity index (χ4v) is 10.6. The van der Waals surface area contributed by atoms with E-state index in [1.807, 2.05) is 92.4 Å². The molecule has 20 heteroatoms. The number of hydrogen-bond donors (Lipinski definition) is 5. The SMILES string of the molecule is C.CC(C)(C)OC(=O)Nc1cc(CN2CCC(C(=O)N3CCC(C(O)Cc4ccc(Cl)cc4)CC3)CC2)ccn1.CC(C)(C)OC(=O)Nc1cc(CN2CCC(C(=O)[O-])CC2)ccn1.OC(Cc1ccc(Cl)cc1)C1CCNCC1.[Li+]. The van der Waals surface area contributed by atoms with Crippen LogP contribution in [0, 0.1) is 23.7 Å². The molecule has 0 bridgehead atoms. The number of halogens is 2. The Labute approximate surface area is 502 Å². The predicted octanol–water partition coefficient (Wildman–Crippen LogP) is 6.41. The first-order valence-electron chi connectivity index (χ1n) is 27.9. The Bertz CT molecular complexity index is 2540. The number of ether oxygens (including phenoxy) is 2. The fraction of sp³-hybridized carbons (Fsp3) is 0.574. The van der Waals surface area contributed by atoms with Crippen molar-refractivity contribution in [1.82, 2.24) is 30.0 Å². The van der Waals surface area contributed by atoms with Crippen LogP contribution in [0.2, 0.25) is 10.0 Å². The first kappa shape index (κ1) is 68.7. The van der Waals surface area contributed by atoms with E-state index in [4.69, 9.17) is 32.7 Å². The van der Waals surface area contributed by atoms with Crippen LogP contribution in [-0.2, 0) is 45.0 Å². The maximum absolute atomic E-state index is 13.2. The summed E-state index contributed by atoms with van der Waals surface area (Å²) in [5.74, 6) is 0.565. The Morgan fingerprint density at radius 3 is 1.37 bits per heavy atom. The van der Waals surface area contributed by atoms with Crippen LogP contribution in [-0.4, -0.2) is 135 Å². The summed E-state index contributed by atoms with van der Waals surface area (Å²) < 4.78 is 10.5. The summed E-state index contributed by atoms with van der Waals surface area (Å²) in [5.41, 5.74) is 3.17. The van der Waals surface area contributed by atoms with Gasteiger partial charge in [0.1, 0.15) is 22.8 Å². The van der Waals surface area contributed by atoms with Crippen molar-refractivity contribution in [2.45, 2.75) is 150 Å². The molecular weight excluding hydrogens is 1070 g/mol. The minimum atomic E-state index is -0.956. The zero-order valence-corrected chi connectivity index (χ0v) is 49.4. The molecule has 4 aromatic rings. The number of amides is 3. The van der Waals surface area contributed by atoms with E-state index < -0.39 is 35.5 Å². The average Bonchev–Trinajstić information content (AvgIpc) is 3.40. The van der Waals surface area contributed by atoms with Crippen molar-refractivity contribution in [3.63, 3.8) is 0 Å². The maximum atomic E-state index is 13.2. The van der Waals surface area contributed by atoms with Gasteiger partial charge in [-0.05, 0) is 228 Å². The molecule has 17 nitrogen and oxygen atoms in total. The van der Waals surface area contributed by atoms with Gasteiger partial charge in [0.05, 0.1) is 12.2 Å². The number of hydrogen-bond acceptors (Lipinski definition) is 14. The van der Waals surface area contributed by atoms with Gasteiger partial charge in [-0.3, -0.25) is 25.2 Å². The third-order valence-corrected chi connectivity index (χ3v) is 15.1. The molecule has 2 aromatic carbocycles. The number of likely N-dealkylation sites (tertiary alicyclic amines) is 3. The number of carbonyl (C=O) groups excluding carboxylic acids is 4. The number of aromatic nitrogens is 2. The summed E-state index contributed by atoms with van der Waals surface area (Å²) in [7, 11) is 0. The first-order valence-corrected chi connectivity index (χ1v) is 28.7. The number of anilines is 2. The van der Waals surface area contributed by atoms with Gasteiger partial charge < -0.3 is 39.8 Å². The van der Waals surface area contributed by atoms with E-state index in [2.05, 4.69) is 35.7 Å². The molecule has 2 unspecified atom stereocenters. The van der Waals surface area contributed by atoms with E-state index in [0.29, 0.717) is 61.5 Å². The average molecular weight is 1150 g/mol. The number of piperidine rings is 4. The second-order valence-electron chi connectivity index (χ2n) is 23.3. The Morgan fingerprint density at radius 1 is 0.605 bits per heavy atom. The maximum Gasteiger partial charge on any atom is 1.00 e. The fourth-order valence-electron chi connectivity index (χ4n) is 10.3. The van der Waals surface area contributed by atoms with Crippen molar-refractivity contribution in [2.75, 3.05) is 63.0 Å². The minimum Gasteiger partial charge on any atom is -0.550 e. The van der Waals surface area contributed by atoms with Crippen LogP contribution in [0.25, 0.3) is 0 Å². The van der Waals surface area contributed by atoms with E-state index in [0.717, 1.165) is 118 Å². The standard InChI is InChI=1S/C30H41ClN4O4.C17H25N3O4.C13H18ClNO.CH4.Li/c1-30(2,3)39-29(38)33-27-19-22(8-13-32-27)20-34-14-9-24(10-15-34)28(37)35-16-11-23(12-17-35)26(36)18-21-4-6-25(31)7-5-21;1-17(2,3)24-16(23)19-14-10-12(4-7-18-14)11-20-8-5-13(6-9-20)15(21)22;14-12-3-1-10(2-4-12)9-13(16)11-5-7-15-8-6-11;;/h4-8,13,19,23-24,26,36H,9-12,14-18,20H2,1-3H3,(H,32,33,38);4,7,10,13H,5-6,8-9,11H2,1-3H3,(H,21,22)(H,18,19,23);1-4,11,13,15-16H,5-9H2;1H4;/q;;;;+1/p-1. The van der Waals surface area contributed by atoms with Gasteiger partial charge in [0.2, 0.25) is 5.91 Å². The number of carboxylic acid groups (broad SMARTS) is 1. The summed E-state index contributed by atoms with van der Waals surface area (Å²) in [6.07, 6.45) is 9.71. The van der Waals surface area contributed by atoms with E-state index in [9.17, 15) is 34.5 Å². The molecule has 2 atom stereocenters. The molecule has 4 aliphatic rings. The van der Waals surface area contributed by atoms with E-state index in [1.165, 1.54) is 0 Å². The van der Waals surface area contributed by atoms with Crippen LogP contribution in [0.15, 0.2) is 85.2 Å². The Balaban J connectivity index is 0.000000286. The molecule has 8 rings (SSSR count). The molecule has 4 saturated heterocycles. The van der Waals surface area contributed by atoms with Gasteiger partial charge in [0.15, 0.2) is 0 Å². The second kappa shape index (κ2) is 33.5. The van der Waals surface area contributed by atoms with Crippen molar-refractivity contribution < 1.29 is 62.8 Å². The van der Waals surface area contributed by atoms with Crippen LogP contribution in [0.4, 0.5) is 21.2 Å². The van der Waals surface area contributed by atoms with Gasteiger partial charge in [0.25, 0.3) is 0 Å². The summed E-state index contributed by atoms with van der Waals surface area (Å²) >= 11 is 11.8. The molecule has 0 saturated carbocycles. The van der Waals surface area contributed by atoms with Gasteiger partial charge in [0, 0.05) is 66.4 Å². The molecule has 0 aliphatic carbocycles. The molecule has 0 radical (unpaired) electrons. The first-order chi connectivity index (χ1) is 37.5. The molecule has 3 amide bonds. The van der Waals surface area contributed by atoms with Crippen LogP contribution in [0.3, 0.4) is 0 Å². The number of rotatable bonds is 14. The number of aliphatic hydroxyl groups is 2. The largest absolute Gasteiger partial charge is 1.00 e. The molecular formula is C61H87Cl2LiN8O9. The smallest absolute Gasteiger partial charge is 0.550 e. The van der Waals surface area contributed by atoms with Crippen molar-refractivity contribution in [2.24, 2.45) is 23.7 Å². The van der Waals surface area contributed by atoms with Crippen LogP contribution in [0.1, 0.15) is 123 Å². The monoisotopic (exact) mass is 1150 g/mol. The van der Waals surface area contributed by atoms with Crippen molar-refractivity contribution in [3.8, 4) is 0 Å². The molecule has 440 valence electrons. The van der Waals surface area contributed by atoms with Crippen LogP contribution in [0.5, 0.6) is 0 Å². The van der Waals surface area contributed by atoms with Crippen LogP contribution < -0.4 is 39.9 Å². The number of pyridine rings is 2. The quantitative estimate of drug-likeness (QED) is 0.0862. The number of carbonyl (C=O) groups is 4. The van der Waals surface area contributed by atoms with Gasteiger partial charge in [-0.25, -0.2) is 19.6 Å². The summed E-state index contributed by atoms with van der Waals surface area (Å²) in [4.78, 5) is 62.8. The predicted molar refractivity (Wildman–Crippen MR) is 313 cm³/mol. The zero-order valence-electron chi connectivity index (χ0n) is 47.9. The summed E-state index contributed by atoms with van der Waals surface area (Å²) in [6.45, 7) is 18.9. The third kappa shape index (κ3) is 24.9. The Hall–Kier alpha value is -4.80. The van der Waals surface area contributed by atoms with Crippen molar-refractivity contribution >= 4 is 58.9 Å². The van der Waals surface area contributed by atoms with E-state index in [1.54, 1.807) is 39.2 Å². The number of nitrogens with zero attached hydrogens (tertiary/aromatic N) is 5. The van der Waals surface area contributed by atoms with Gasteiger partial charge >= 0.3 is 31.0 Å². The molecule has 81 heavy (non-hydrogen) atoms. The van der Waals surface area contributed by atoms with Gasteiger partial charge in [-0.15, -0.1) is 0 Å². The number of aliphatic hydroxyl groups excluding tert-OH is 2. The van der Waals surface area contributed by atoms with Crippen LogP contribution >= 0.6 is 23.2 Å². The molecule has 6 heterocycles. The Morgan fingerprint density at radius 2 is 0.988 bits per heavy atom. The van der Waals surface area contributed by atoms with Crippen molar-refractivity contribution in [3.05, 3.63) is 117 Å². The van der Waals surface area contributed by atoms with Gasteiger partial charge in [-0.1, -0.05) is 54.9 Å². The number of benzene rings is 2. The number of aliphatic carboxylic acids is 1. The third-order valence-electron chi connectivity index (χ3n) is 14.6.